The predicted octanol–water partition coefficient (Wildman–Crippen LogP) is 4.17. The first-order valence-corrected chi connectivity index (χ1v) is 6.38. The van der Waals surface area contributed by atoms with Crippen LogP contribution in [-0.2, 0) is 0 Å². The maximum Gasteiger partial charge on any atom is 0.141 e. The lowest BCUT2D eigenvalue weighted by atomic mass is 10.1. The third-order valence-electron chi connectivity index (χ3n) is 2.34. The van der Waals surface area contributed by atoms with Gasteiger partial charge < -0.3 is 5.32 Å². The molecule has 1 aromatic carbocycles. The second kappa shape index (κ2) is 5.85. The number of nitrogens with one attached hydrogen (secondary N) is 1. The molecule has 18 heavy (non-hydrogen) atoms. The van der Waals surface area contributed by atoms with Crippen molar-refractivity contribution in [3.8, 4) is 6.07 Å². The van der Waals surface area contributed by atoms with Gasteiger partial charge >= 0.3 is 0 Å². The topological polar surface area (TPSA) is 48.7 Å². The van der Waals surface area contributed by atoms with Crippen LogP contribution in [0.5, 0.6) is 0 Å². The molecule has 0 aliphatic carbocycles. The van der Waals surface area contributed by atoms with Gasteiger partial charge in [0.1, 0.15) is 6.04 Å². The largest absolute Gasteiger partial charge is 0.366 e. The number of pyridine rings is 1. The smallest absolute Gasteiger partial charge is 0.141 e. The van der Waals surface area contributed by atoms with Crippen molar-refractivity contribution in [1.82, 2.24) is 4.98 Å². The summed E-state index contributed by atoms with van der Waals surface area (Å²) in [5, 5.41) is 13.0. The normalized spacial score (nSPS) is 11.6. The number of hydrogen-bond acceptors (Lipinski definition) is 3. The molecule has 1 heterocycles. The molecule has 0 saturated carbocycles. The monoisotopic (exact) mass is 321 g/mol. The Balaban J connectivity index is 2.20. The van der Waals surface area contributed by atoms with Crippen LogP contribution in [-0.4, -0.2) is 4.98 Å². The summed E-state index contributed by atoms with van der Waals surface area (Å²) in [6.07, 6.45) is 3.35. The zero-order valence-corrected chi connectivity index (χ0v) is 11.6. The van der Waals surface area contributed by atoms with Crippen LogP contribution in [0, 0.1) is 11.3 Å². The molecule has 0 spiro atoms. The summed E-state index contributed by atoms with van der Waals surface area (Å²) in [4.78, 5) is 4.05. The van der Waals surface area contributed by atoms with E-state index in [1.54, 1.807) is 24.5 Å². The molecule has 1 aromatic heterocycles. The lowest BCUT2D eigenvalue weighted by molar-refractivity contribution is 0.979. The minimum absolute atomic E-state index is 0.448. The van der Waals surface area contributed by atoms with Crippen LogP contribution in [0.25, 0.3) is 0 Å². The van der Waals surface area contributed by atoms with E-state index in [0.717, 1.165) is 15.7 Å². The lowest BCUT2D eigenvalue weighted by Gasteiger charge is -2.13. The molecule has 0 fully saturated rings. The summed E-state index contributed by atoms with van der Waals surface area (Å²) in [7, 11) is 0. The molecule has 3 nitrogen and oxygen atoms in total. The van der Waals surface area contributed by atoms with E-state index in [1.807, 2.05) is 18.2 Å². The third kappa shape index (κ3) is 3.22. The van der Waals surface area contributed by atoms with E-state index >= 15 is 0 Å². The Kier molecular flexibility index (Phi) is 4.19. The first-order valence-electron chi connectivity index (χ1n) is 5.21. The second-order valence-electron chi connectivity index (χ2n) is 3.65. The van der Waals surface area contributed by atoms with Gasteiger partial charge in [-0.15, -0.1) is 0 Å². The van der Waals surface area contributed by atoms with Crippen LogP contribution in [0.1, 0.15) is 11.6 Å². The minimum Gasteiger partial charge on any atom is -0.366 e. The average Bonchev–Trinajstić information content (AvgIpc) is 2.38. The van der Waals surface area contributed by atoms with Gasteiger partial charge in [0.05, 0.1) is 6.07 Å². The van der Waals surface area contributed by atoms with Crippen LogP contribution in [0.3, 0.4) is 0 Å². The second-order valence-corrected chi connectivity index (χ2v) is 5.00. The SMILES string of the molecule is N#CC(Nc1ccc(Cl)cc1)c1cncc(Br)c1. The van der Waals surface area contributed by atoms with Crippen molar-refractivity contribution >= 4 is 33.2 Å². The average molecular weight is 323 g/mol. The summed E-state index contributed by atoms with van der Waals surface area (Å²) >= 11 is 9.15. The van der Waals surface area contributed by atoms with Crippen molar-refractivity contribution in [2.24, 2.45) is 0 Å². The zero-order valence-electron chi connectivity index (χ0n) is 9.27. The van der Waals surface area contributed by atoms with Crippen molar-refractivity contribution in [3.05, 3.63) is 57.8 Å². The van der Waals surface area contributed by atoms with Gasteiger partial charge in [-0.1, -0.05) is 11.6 Å². The van der Waals surface area contributed by atoms with Crippen molar-refractivity contribution in [2.75, 3.05) is 5.32 Å². The molecule has 0 radical (unpaired) electrons. The molecule has 0 saturated heterocycles. The molecule has 0 aliphatic heterocycles. The number of benzene rings is 1. The van der Waals surface area contributed by atoms with Gasteiger partial charge in [0.15, 0.2) is 0 Å². The molecule has 2 aromatic rings. The molecular weight excluding hydrogens is 314 g/mol. The van der Waals surface area contributed by atoms with Crippen molar-refractivity contribution in [1.29, 1.82) is 5.26 Å². The molecule has 5 heteroatoms. The maximum absolute atomic E-state index is 9.20. The Bertz CT molecular complexity index is 578. The van der Waals surface area contributed by atoms with E-state index < -0.39 is 6.04 Å². The summed E-state index contributed by atoms with van der Waals surface area (Å²) in [5.74, 6) is 0. The molecule has 1 N–H and O–H groups in total. The Hall–Kier alpha value is -1.57. The fraction of sp³-hybridized carbons (Fsp3) is 0.0769. The van der Waals surface area contributed by atoms with Gasteiger partial charge in [-0.25, -0.2) is 0 Å². The van der Waals surface area contributed by atoms with Crippen LogP contribution >= 0.6 is 27.5 Å². The van der Waals surface area contributed by atoms with E-state index in [9.17, 15) is 5.26 Å². The van der Waals surface area contributed by atoms with Gasteiger partial charge in [0, 0.05) is 33.1 Å². The van der Waals surface area contributed by atoms with Gasteiger partial charge in [-0.3, -0.25) is 4.98 Å². The summed E-state index contributed by atoms with van der Waals surface area (Å²) < 4.78 is 0.846. The lowest BCUT2D eigenvalue weighted by Crippen LogP contribution is -2.08. The Morgan fingerprint density at radius 3 is 2.61 bits per heavy atom. The van der Waals surface area contributed by atoms with E-state index in [2.05, 4.69) is 32.3 Å². The van der Waals surface area contributed by atoms with Crippen LogP contribution in [0.15, 0.2) is 47.2 Å². The fourth-order valence-electron chi connectivity index (χ4n) is 1.49. The van der Waals surface area contributed by atoms with Gasteiger partial charge in [0.2, 0.25) is 0 Å². The van der Waals surface area contributed by atoms with E-state index in [0.29, 0.717) is 5.02 Å². The third-order valence-corrected chi connectivity index (χ3v) is 3.03. The number of aromatic nitrogens is 1. The Labute approximate surface area is 119 Å². The summed E-state index contributed by atoms with van der Waals surface area (Å²) in [6, 6.07) is 10.8. The number of nitriles is 1. The standard InChI is InChI=1S/C13H9BrClN3/c14-10-5-9(7-17-8-10)13(6-16)18-12-3-1-11(15)2-4-12/h1-5,7-8,13,18H. The first-order chi connectivity index (χ1) is 8.69. The van der Waals surface area contributed by atoms with Crippen LogP contribution in [0.2, 0.25) is 5.02 Å². The maximum atomic E-state index is 9.20. The summed E-state index contributed by atoms with van der Waals surface area (Å²) in [6.45, 7) is 0. The van der Waals surface area contributed by atoms with E-state index in [1.165, 1.54) is 0 Å². The molecule has 1 unspecified atom stereocenters. The van der Waals surface area contributed by atoms with Crippen LogP contribution in [0.4, 0.5) is 5.69 Å². The number of halogens is 2. The van der Waals surface area contributed by atoms with Gasteiger partial charge in [-0.2, -0.15) is 5.26 Å². The Morgan fingerprint density at radius 1 is 1.28 bits per heavy atom. The first kappa shape index (κ1) is 12.9. The van der Waals surface area contributed by atoms with E-state index in [4.69, 9.17) is 11.6 Å². The molecular formula is C13H9BrClN3. The summed E-state index contributed by atoms with van der Waals surface area (Å²) in [5.41, 5.74) is 1.65. The van der Waals surface area contributed by atoms with Crippen molar-refractivity contribution < 1.29 is 0 Å². The van der Waals surface area contributed by atoms with Crippen molar-refractivity contribution in [2.45, 2.75) is 6.04 Å². The molecule has 0 aliphatic rings. The number of hydrogen-bond donors (Lipinski definition) is 1. The molecule has 1 atom stereocenters. The highest BCUT2D eigenvalue weighted by atomic mass is 79.9. The number of nitrogens with zero attached hydrogens (tertiary/aromatic N) is 2. The van der Waals surface area contributed by atoms with Gasteiger partial charge in [0.25, 0.3) is 0 Å². The Morgan fingerprint density at radius 2 is 2.00 bits per heavy atom. The predicted molar refractivity (Wildman–Crippen MR) is 75.4 cm³/mol. The quantitative estimate of drug-likeness (QED) is 0.922. The highest BCUT2D eigenvalue weighted by molar-refractivity contribution is 9.10. The highest BCUT2D eigenvalue weighted by Gasteiger charge is 2.10. The van der Waals surface area contributed by atoms with Gasteiger partial charge in [-0.05, 0) is 46.3 Å². The molecule has 90 valence electrons. The van der Waals surface area contributed by atoms with Crippen LogP contribution < -0.4 is 5.32 Å². The van der Waals surface area contributed by atoms with Crippen molar-refractivity contribution in [3.63, 3.8) is 0 Å². The molecule has 0 bridgehead atoms. The highest BCUT2D eigenvalue weighted by Crippen LogP contribution is 2.22. The number of anilines is 1. The zero-order chi connectivity index (χ0) is 13.0. The fourth-order valence-corrected chi connectivity index (χ4v) is 2.00. The molecule has 0 amide bonds. The van der Waals surface area contributed by atoms with E-state index in [-0.39, 0.29) is 0 Å². The molecule has 2 rings (SSSR count). The minimum atomic E-state index is -0.448. The number of rotatable bonds is 3.